The van der Waals surface area contributed by atoms with Crippen LogP contribution < -0.4 is 0 Å². The summed E-state index contributed by atoms with van der Waals surface area (Å²) in [6.45, 7) is 8.67. The summed E-state index contributed by atoms with van der Waals surface area (Å²) in [6, 6.07) is 20.8. The van der Waals surface area contributed by atoms with Crippen LogP contribution in [0.25, 0.3) is 16.9 Å². The maximum absolute atomic E-state index is 8.21. The van der Waals surface area contributed by atoms with Gasteiger partial charge in [-0.3, -0.25) is 6.08 Å². The third-order valence-corrected chi connectivity index (χ3v) is 8.16. The second kappa shape index (κ2) is 14.9. The Morgan fingerprint density at radius 1 is 0.750 bits per heavy atom. The number of rotatable bonds is 1. The molecule has 5 aliphatic rings. The van der Waals surface area contributed by atoms with Gasteiger partial charge in [0.1, 0.15) is 0 Å². The van der Waals surface area contributed by atoms with E-state index < -0.39 is 0 Å². The molecule has 1 unspecified atom stereocenters. The van der Waals surface area contributed by atoms with E-state index in [1.165, 1.54) is 66.4 Å². The zero-order valence-electron chi connectivity index (χ0n) is 23.4. The van der Waals surface area contributed by atoms with Crippen molar-refractivity contribution < 1.29 is 21.7 Å². The van der Waals surface area contributed by atoms with Crippen LogP contribution in [0.3, 0.4) is 0 Å². The predicted octanol–water partition coefficient (Wildman–Crippen LogP) is 9.60. The average Bonchev–Trinajstić information content (AvgIpc) is 3.05. The van der Waals surface area contributed by atoms with Crippen molar-refractivity contribution in [2.75, 3.05) is 0 Å². The fourth-order valence-electron chi connectivity index (χ4n) is 6.53. The van der Waals surface area contributed by atoms with Gasteiger partial charge in [-0.2, -0.15) is 11.1 Å². The van der Waals surface area contributed by atoms with Gasteiger partial charge >= 0.3 is 48.7 Å². The summed E-state index contributed by atoms with van der Waals surface area (Å²) in [4.78, 5) is 0. The van der Waals surface area contributed by atoms with Crippen LogP contribution in [0, 0.1) is 29.7 Å². The van der Waals surface area contributed by atoms with Gasteiger partial charge in [0.05, 0.1) is 0 Å². The van der Waals surface area contributed by atoms with E-state index in [4.69, 9.17) is 5.73 Å². The molecule has 1 nitrogen and oxygen atoms in total. The van der Waals surface area contributed by atoms with Crippen molar-refractivity contribution in [3.8, 4) is 11.1 Å². The standard InChI is InChI=1S/C12H10.C10H16N.C9H13.C2H7Ge.Ti/c1-3-7-11(8-4-1)12-9-5-2-6-10-12;11-10-4-7-1-8(5-10)3-9(2-7)6-10;1-6-5-7(2)9(4)8(6)3;1-3-2;/h1-10H;7-9,11H,1-6H2;6H,1-4H3;3H,1-2H3;/q;2*-1;;+2. The van der Waals surface area contributed by atoms with Gasteiger partial charge in [0.15, 0.2) is 0 Å². The Morgan fingerprint density at radius 2 is 1.11 bits per heavy atom. The molecule has 191 valence electrons. The second-order valence-electron chi connectivity index (χ2n) is 11.3. The molecule has 4 fully saturated rings. The predicted molar refractivity (Wildman–Crippen MR) is 156 cm³/mol. The van der Waals surface area contributed by atoms with Crippen molar-refractivity contribution in [1.82, 2.24) is 0 Å². The van der Waals surface area contributed by atoms with Crippen molar-refractivity contribution in [2.24, 2.45) is 23.7 Å². The molecule has 0 aliphatic heterocycles. The maximum atomic E-state index is 8.21. The van der Waals surface area contributed by atoms with Crippen molar-refractivity contribution in [1.29, 1.82) is 0 Å². The maximum Gasteiger partial charge on any atom is 2.00 e. The molecule has 3 heteroatoms. The first-order valence-corrected chi connectivity index (χ1v) is 18.5. The molecule has 5 aliphatic carbocycles. The zero-order valence-corrected chi connectivity index (χ0v) is 27.4. The first-order valence-electron chi connectivity index (χ1n) is 13.6. The van der Waals surface area contributed by atoms with Crippen LogP contribution in [-0.2, 0) is 21.7 Å². The van der Waals surface area contributed by atoms with E-state index in [-0.39, 0.29) is 27.3 Å². The molecule has 1 N–H and O–H groups in total. The monoisotopic (exact) mass is 578 g/mol. The van der Waals surface area contributed by atoms with Gasteiger partial charge in [-0.25, -0.2) is 5.57 Å². The van der Waals surface area contributed by atoms with Gasteiger partial charge in [-0.15, -0.1) is 12.5 Å². The van der Waals surface area contributed by atoms with E-state index in [2.05, 4.69) is 93.8 Å². The van der Waals surface area contributed by atoms with Crippen LogP contribution in [0.1, 0.15) is 66.2 Å². The molecular weight excluding hydrogens is 531 g/mol. The van der Waals surface area contributed by atoms with Gasteiger partial charge in [0, 0.05) is 0 Å². The van der Waals surface area contributed by atoms with Crippen molar-refractivity contribution >= 4 is 15.4 Å². The third kappa shape index (κ3) is 8.86. The van der Waals surface area contributed by atoms with Crippen LogP contribution in [0.5, 0.6) is 0 Å². The smallest absolute Gasteiger partial charge is 0.672 e. The summed E-state index contributed by atoms with van der Waals surface area (Å²) in [6.07, 6.45) is 11.5. The molecule has 36 heavy (non-hydrogen) atoms. The fraction of sp³-hybridized carbons (Fsp3) is 0.515. The molecular formula is C33H46GeNTi. The number of hydrogen-bond acceptors (Lipinski definition) is 0. The van der Waals surface area contributed by atoms with Gasteiger partial charge in [0.2, 0.25) is 0 Å². The van der Waals surface area contributed by atoms with Crippen LogP contribution in [-0.4, -0.2) is 21.0 Å². The summed E-state index contributed by atoms with van der Waals surface area (Å²) < 4.78 is 0. The Labute approximate surface area is 243 Å². The Morgan fingerprint density at radius 3 is 1.33 bits per heavy atom. The van der Waals surface area contributed by atoms with Gasteiger partial charge in [-0.05, 0) is 48.1 Å². The van der Waals surface area contributed by atoms with Crippen LogP contribution in [0.15, 0.2) is 77.4 Å². The van der Waals surface area contributed by atoms with E-state index >= 15 is 0 Å². The van der Waals surface area contributed by atoms with E-state index in [1.807, 2.05) is 12.1 Å². The molecule has 2 aromatic carbocycles. The minimum Gasteiger partial charge on any atom is -0.672 e. The van der Waals surface area contributed by atoms with Gasteiger partial charge < -0.3 is 5.73 Å². The number of benzene rings is 2. The topological polar surface area (TPSA) is 23.8 Å². The molecule has 4 bridgehead atoms. The number of allylic oxidation sites excluding steroid dienone is 4. The van der Waals surface area contributed by atoms with Gasteiger partial charge in [-0.1, -0.05) is 107 Å². The second-order valence-corrected chi connectivity index (χ2v) is 13.7. The fourth-order valence-corrected chi connectivity index (χ4v) is 6.53. The van der Waals surface area contributed by atoms with Crippen LogP contribution in [0.2, 0.25) is 11.5 Å². The molecule has 2 aromatic rings. The Balaban J connectivity index is 0.000000180. The van der Waals surface area contributed by atoms with E-state index in [0.29, 0.717) is 21.3 Å². The number of hydrogen-bond donors (Lipinski definition) is 0. The summed E-state index contributed by atoms with van der Waals surface area (Å²) in [5, 5.41) is 0. The van der Waals surface area contributed by atoms with Gasteiger partial charge in [0.25, 0.3) is 0 Å². The Bertz CT molecular complexity index is 906. The van der Waals surface area contributed by atoms with Crippen molar-refractivity contribution in [2.45, 2.75) is 83.3 Å². The molecule has 4 saturated carbocycles. The van der Waals surface area contributed by atoms with E-state index in [1.54, 1.807) is 0 Å². The van der Waals surface area contributed by atoms with Crippen LogP contribution >= 0.6 is 0 Å². The summed E-state index contributed by atoms with van der Waals surface area (Å²) >= 11 is 0.312. The van der Waals surface area contributed by atoms with E-state index in [0.717, 1.165) is 17.8 Å². The summed E-state index contributed by atoms with van der Waals surface area (Å²) in [5.74, 6) is 7.99. The Kier molecular flexibility index (Phi) is 13.0. The molecule has 0 spiro atoms. The Hall–Kier alpha value is -0.863. The average molecular weight is 577 g/mol. The van der Waals surface area contributed by atoms with Crippen LogP contribution in [0.4, 0.5) is 0 Å². The largest absolute Gasteiger partial charge is 2.00 e. The van der Waals surface area contributed by atoms with Crippen molar-refractivity contribution in [3.63, 3.8) is 0 Å². The minimum atomic E-state index is 0. The third-order valence-electron chi connectivity index (χ3n) is 8.16. The SMILES string of the molecule is CC1=[C-]C(C)C(C)=C1C.[CH3][GeH][CH3].[NH-]C12CC3CC(CC(C3)C1)C2.[Ti+2].c1ccc(-c2ccccc2)cc1. The summed E-state index contributed by atoms with van der Waals surface area (Å²) in [5.41, 5.74) is 15.1. The molecule has 0 heterocycles. The quantitative estimate of drug-likeness (QED) is 0.238. The minimum absolute atomic E-state index is 0. The summed E-state index contributed by atoms with van der Waals surface area (Å²) in [7, 11) is 0. The number of nitrogens with one attached hydrogen (secondary N) is 1. The van der Waals surface area contributed by atoms with Crippen molar-refractivity contribution in [3.05, 3.63) is 89.2 Å². The first kappa shape index (κ1) is 31.4. The normalized spacial score (nSPS) is 28.9. The first-order chi connectivity index (χ1) is 16.7. The zero-order chi connectivity index (χ0) is 25.4. The molecule has 1 radical (unpaired) electrons. The molecule has 0 aromatic heterocycles. The molecule has 0 saturated heterocycles. The molecule has 7 rings (SSSR count). The molecule has 1 atom stereocenters. The van der Waals surface area contributed by atoms with E-state index in [9.17, 15) is 0 Å². The molecule has 0 amide bonds.